The van der Waals surface area contributed by atoms with Crippen LogP contribution in [0.5, 0.6) is 23.0 Å². The SMILES string of the molecule is COC(=O)C[C@@H](c1cc2cc3c(cc2[nH]c1=O)OCO3)c1c(O)cc(C)n(CCc2ccc(O)cc2)c1=O. The Morgan fingerprint density at radius 3 is 2.50 bits per heavy atom. The summed E-state index contributed by atoms with van der Waals surface area (Å²) in [5, 5.41) is 21.1. The smallest absolute Gasteiger partial charge is 0.306 e. The quantitative estimate of drug-likeness (QED) is 0.317. The van der Waals surface area contributed by atoms with E-state index in [1.165, 1.54) is 17.7 Å². The Bertz CT molecular complexity index is 1650. The monoisotopic (exact) mass is 518 g/mol. The predicted molar refractivity (Wildman–Crippen MR) is 138 cm³/mol. The summed E-state index contributed by atoms with van der Waals surface area (Å²) < 4.78 is 17.2. The van der Waals surface area contributed by atoms with Crippen molar-refractivity contribution in [1.82, 2.24) is 9.55 Å². The Hall–Kier alpha value is -4.73. The van der Waals surface area contributed by atoms with Crippen molar-refractivity contribution in [3.05, 3.63) is 91.6 Å². The molecule has 0 spiro atoms. The van der Waals surface area contributed by atoms with Gasteiger partial charge >= 0.3 is 5.97 Å². The van der Waals surface area contributed by atoms with Crippen molar-refractivity contribution in [1.29, 1.82) is 0 Å². The number of phenols is 1. The molecule has 10 nitrogen and oxygen atoms in total. The number of nitrogens with one attached hydrogen (secondary N) is 1. The van der Waals surface area contributed by atoms with Crippen LogP contribution in [0.1, 0.15) is 34.7 Å². The van der Waals surface area contributed by atoms with Gasteiger partial charge in [0.15, 0.2) is 11.5 Å². The fourth-order valence-electron chi connectivity index (χ4n) is 4.77. The van der Waals surface area contributed by atoms with Crippen LogP contribution in [-0.4, -0.2) is 39.6 Å². The summed E-state index contributed by atoms with van der Waals surface area (Å²) in [4.78, 5) is 42.2. The molecule has 0 saturated heterocycles. The van der Waals surface area contributed by atoms with Gasteiger partial charge in [0.05, 0.1) is 24.6 Å². The third-order valence-electron chi connectivity index (χ3n) is 6.77. The molecule has 3 heterocycles. The number of rotatable bonds is 7. The number of aryl methyl sites for hydroxylation is 2. The number of aromatic hydroxyl groups is 2. The second-order valence-corrected chi connectivity index (χ2v) is 9.14. The summed E-state index contributed by atoms with van der Waals surface area (Å²) in [5.74, 6) is -0.879. The van der Waals surface area contributed by atoms with E-state index in [0.717, 1.165) is 5.56 Å². The summed E-state index contributed by atoms with van der Waals surface area (Å²) in [5.41, 5.74) is 0.951. The van der Waals surface area contributed by atoms with Crippen molar-refractivity contribution in [3.8, 4) is 23.0 Å². The minimum atomic E-state index is -1.07. The molecular formula is C28H26N2O8. The molecule has 0 fully saturated rings. The van der Waals surface area contributed by atoms with E-state index in [2.05, 4.69) is 4.98 Å². The van der Waals surface area contributed by atoms with Crippen LogP contribution in [-0.2, 0) is 22.5 Å². The molecule has 4 aromatic rings. The molecule has 196 valence electrons. The number of esters is 1. The molecule has 3 N–H and O–H groups in total. The van der Waals surface area contributed by atoms with E-state index in [9.17, 15) is 24.6 Å². The number of hydrogen-bond acceptors (Lipinski definition) is 8. The van der Waals surface area contributed by atoms with Gasteiger partial charge in [0.25, 0.3) is 11.1 Å². The maximum absolute atomic E-state index is 13.8. The Morgan fingerprint density at radius 2 is 1.79 bits per heavy atom. The average Bonchev–Trinajstić information content (AvgIpc) is 3.34. The van der Waals surface area contributed by atoms with Crippen LogP contribution in [0, 0.1) is 6.92 Å². The zero-order chi connectivity index (χ0) is 27.0. The van der Waals surface area contributed by atoms with Gasteiger partial charge < -0.3 is 34.0 Å². The van der Waals surface area contributed by atoms with E-state index in [4.69, 9.17) is 14.2 Å². The first-order chi connectivity index (χ1) is 18.2. The fraction of sp³-hybridized carbons (Fsp3) is 0.250. The number of nitrogens with zero attached hydrogens (tertiary/aromatic N) is 1. The van der Waals surface area contributed by atoms with E-state index in [-0.39, 0.29) is 42.4 Å². The van der Waals surface area contributed by atoms with Gasteiger partial charge in [-0.3, -0.25) is 14.4 Å². The van der Waals surface area contributed by atoms with E-state index in [1.807, 2.05) is 0 Å². The van der Waals surface area contributed by atoms with Crippen LogP contribution in [0.4, 0.5) is 0 Å². The number of phenolic OH excluding ortho intramolecular Hbond substituents is 1. The Balaban J connectivity index is 1.61. The molecule has 1 aliphatic rings. The number of aromatic nitrogens is 2. The number of pyridine rings is 2. The lowest BCUT2D eigenvalue weighted by Gasteiger charge is -2.20. The summed E-state index contributed by atoms with van der Waals surface area (Å²) in [7, 11) is 1.22. The van der Waals surface area contributed by atoms with Gasteiger partial charge in [-0.05, 0) is 49.2 Å². The standard InChI is InChI=1S/C28H26N2O8/c1-15-9-22(32)26(28(35)30(15)8-7-16-3-5-18(31)6-4-16)19(12-25(33)36-2)20-10-17-11-23-24(38-14-37-23)13-21(17)29-27(20)34/h3-6,9-11,13,19,31-32H,7-8,12,14H2,1-2H3,(H,29,34)/t19-/m0/s1. The minimum absolute atomic E-state index is 0.0641. The second kappa shape index (κ2) is 9.97. The van der Waals surface area contributed by atoms with Crippen LogP contribution in [0.2, 0.25) is 0 Å². The molecule has 0 unspecified atom stereocenters. The van der Waals surface area contributed by atoms with Crippen molar-refractivity contribution >= 4 is 16.9 Å². The topological polar surface area (TPSA) is 140 Å². The zero-order valence-corrected chi connectivity index (χ0v) is 20.8. The van der Waals surface area contributed by atoms with Gasteiger partial charge in [-0.2, -0.15) is 0 Å². The molecule has 38 heavy (non-hydrogen) atoms. The van der Waals surface area contributed by atoms with Gasteiger partial charge in [-0.1, -0.05) is 12.1 Å². The average molecular weight is 519 g/mol. The lowest BCUT2D eigenvalue weighted by molar-refractivity contribution is -0.140. The number of carbonyl (C=O) groups is 1. The Labute approximate surface area is 216 Å². The first-order valence-corrected chi connectivity index (χ1v) is 12.0. The molecule has 0 bridgehead atoms. The number of benzene rings is 2. The van der Waals surface area contributed by atoms with Gasteiger partial charge in [0.2, 0.25) is 6.79 Å². The molecule has 0 amide bonds. The molecule has 0 saturated carbocycles. The number of ether oxygens (including phenoxy) is 3. The van der Waals surface area contributed by atoms with Crippen molar-refractivity contribution in [2.75, 3.05) is 13.9 Å². The van der Waals surface area contributed by atoms with Crippen molar-refractivity contribution < 1.29 is 29.2 Å². The molecule has 1 atom stereocenters. The number of carbonyl (C=O) groups excluding carboxylic acids is 1. The summed E-state index contributed by atoms with van der Waals surface area (Å²) in [6, 6.07) is 13.0. The van der Waals surface area contributed by atoms with Crippen LogP contribution < -0.4 is 20.6 Å². The fourth-order valence-corrected chi connectivity index (χ4v) is 4.77. The first-order valence-electron chi connectivity index (χ1n) is 12.0. The lowest BCUT2D eigenvalue weighted by Crippen LogP contribution is -2.31. The minimum Gasteiger partial charge on any atom is -0.508 e. The van der Waals surface area contributed by atoms with Gasteiger partial charge in [-0.15, -0.1) is 0 Å². The highest BCUT2D eigenvalue weighted by molar-refractivity contribution is 5.84. The molecule has 1 aliphatic heterocycles. The third kappa shape index (κ3) is 4.68. The maximum atomic E-state index is 13.8. The van der Waals surface area contributed by atoms with Crippen molar-refractivity contribution in [2.24, 2.45) is 0 Å². The zero-order valence-electron chi connectivity index (χ0n) is 20.8. The van der Waals surface area contributed by atoms with Crippen LogP contribution in [0.25, 0.3) is 10.9 Å². The molecule has 2 aromatic heterocycles. The highest BCUT2D eigenvalue weighted by atomic mass is 16.7. The van der Waals surface area contributed by atoms with E-state index >= 15 is 0 Å². The summed E-state index contributed by atoms with van der Waals surface area (Å²) in [6.07, 6.45) is 0.149. The highest BCUT2D eigenvalue weighted by Crippen LogP contribution is 2.37. The molecule has 2 aromatic carbocycles. The number of methoxy groups -OCH3 is 1. The molecule has 10 heteroatoms. The van der Waals surface area contributed by atoms with Gasteiger partial charge in [0.1, 0.15) is 11.5 Å². The van der Waals surface area contributed by atoms with Crippen molar-refractivity contribution in [2.45, 2.75) is 32.2 Å². The number of H-pyrrole nitrogens is 1. The van der Waals surface area contributed by atoms with Crippen LogP contribution in [0.3, 0.4) is 0 Å². The summed E-state index contributed by atoms with van der Waals surface area (Å²) >= 11 is 0. The van der Waals surface area contributed by atoms with Crippen LogP contribution in [0.15, 0.2) is 58.1 Å². The number of aromatic amines is 1. The third-order valence-corrected chi connectivity index (χ3v) is 6.77. The molecule has 0 radical (unpaired) electrons. The number of fused-ring (bicyclic) bond motifs is 2. The first kappa shape index (κ1) is 24.9. The van der Waals surface area contributed by atoms with Gasteiger partial charge in [0, 0.05) is 35.2 Å². The van der Waals surface area contributed by atoms with Gasteiger partial charge in [-0.25, -0.2) is 0 Å². The van der Waals surface area contributed by atoms with E-state index in [1.54, 1.807) is 49.4 Å². The molecule has 0 aliphatic carbocycles. The van der Waals surface area contributed by atoms with Crippen molar-refractivity contribution in [3.63, 3.8) is 0 Å². The normalized spacial score (nSPS) is 13.0. The summed E-state index contributed by atoms with van der Waals surface area (Å²) in [6.45, 7) is 2.04. The largest absolute Gasteiger partial charge is 0.508 e. The molecular weight excluding hydrogens is 492 g/mol. The Morgan fingerprint density at radius 1 is 1.08 bits per heavy atom. The lowest BCUT2D eigenvalue weighted by atomic mass is 9.88. The second-order valence-electron chi connectivity index (χ2n) is 9.14. The maximum Gasteiger partial charge on any atom is 0.306 e. The highest BCUT2D eigenvalue weighted by Gasteiger charge is 2.29. The van der Waals surface area contributed by atoms with E-state index < -0.39 is 23.0 Å². The van der Waals surface area contributed by atoms with E-state index in [0.29, 0.717) is 34.5 Å². The number of hydrogen-bond donors (Lipinski definition) is 3. The van der Waals surface area contributed by atoms with Crippen LogP contribution >= 0.6 is 0 Å². The molecule has 5 rings (SSSR count). The predicted octanol–water partition coefficient (Wildman–Crippen LogP) is 3.08. The Kier molecular flexibility index (Phi) is 6.54.